The molecule has 0 saturated heterocycles. The molecule has 1 aliphatic rings. The highest BCUT2D eigenvalue weighted by Crippen LogP contribution is 2.37. The number of aromatic nitrogens is 2. The van der Waals surface area contributed by atoms with Crippen molar-refractivity contribution in [3.63, 3.8) is 0 Å². The number of carbonyl (C=O) groups is 1. The van der Waals surface area contributed by atoms with E-state index in [0.717, 1.165) is 40.9 Å². The first-order chi connectivity index (χ1) is 10.3. The molecule has 0 aliphatic carbocycles. The number of benzene rings is 1. The molecule has 5 heteroatoms. The summed E-state index contributed by atoms with van der Waals surface area (Å²) in [5.41, 5.74) is 1.59. The van der Waals surface area contributed by atoms with Gasteiger partial charge in [0.15, 0.2) is 17.9 Å². The van der Waals surface area contributed by atoms with Crippen LogP contribution in [0.3, 0.4) is 0 Å². The third kappa shape index (κ3) is 1.94. The molecule has 0 unspecified atom stereocenters. The summed E-state index contributed by atoms with van der Waals surface area (Å²) in [6.45, 7) is 1.33. The van der Waals surface area contributed by atoms with Crippen LogP contribution in [0.15, 0.2) is 42.7 Å². The van der Waals surface area contributed by atoms with E-state index in [4.69, 9.17) is 4.74 Å². The van der Waals surface area contributed by atoms with E-state index >= 15 is 0 Å². The fraction of sp³-hybridized carbons (Fsp3) is 0.125. The largest absolute Gasteiger partial charge is 0.488 e. The van der Waals surface area contributed by atoms with Crippen LogP contribution in [0.2, 0.25) is 0 Å². The van der Waals surface area contributed by atoms with Crippen LogP contribution in [0.5, 0.6) is 5.75 Å². The predicted molar refractivity (Wildman–Crippen MR) is 80.4 cm³/mol. The molecule has 0 radical (unpaired) electrons. The monoisotopic (exact) mass is 279 g/mol. The Bertz CT molecular complexity index is 825. The first kappa shape index (κ1) is 12.0. The van der Waals surface area contributed by atoms with Crippen LogP contribution in [0, 0.1) is 0 Å². The lowest BCUT2D eigenvalue weighted by molar-refractivity contribution is 0.111. The number of anilines is 2. The molecule has 1 N–H and O–H groups in total. The Morgan fingerprint density at radius 1 is 1.24 bits per heavy atom. The van der Waals surface area contributed by atoms with E-state index in [1.54, 1.807) is 12.3 Å². The number of pyridine rings is 1. The molecule has 5 nitrogen and oxygen atoms in total. The summed E-state index contributed by atoms with van der Waals surface area (Å²) in [5, 5.41) is 2.24. The number of nitrogens with one attached hydrogen (secondary N) is 1. The molecular weight excluding hydrogens is 266 g/mol. The molecule has 2 aromatic heterocycles. The van der Waals surface area contributed by atoms with Crippen molar-refractivity contribution in [2.45, 2.75) is 0 Å². The fourth-order valence-corrected chi connectivity index (χ4v) is 2.67. The number of ether oxygens (including phenoxy) is 1. The third-order valence-corrected chi connectivity index (χ3v) is 3.69. The number of hydrogen-bond acceptors (Lipinski definition) is 4. The highest BCUT2D eigenvalue weighted by Gasteiger charge is 2.22. The molecule has 0 spiro atoms. The average Bonchev–Trinajstić information content (AvgIpc) is 2.97. The number of nitrogens with zero attached hydrogens (tertiary/aromatic N) is 2. The number of aromatic amines is 1. The first-order valence-corrected chi connectivity index (χ1v) is 6.77. The molecule has 0 bridgehead atoms. The van der Waals surface area contributed by atoms with Crippen LogP contribution in [-0.2, 0) is 0 Å². The van der Waals surface area contributed by atoms with Crippen molar-refractivity contribution < 1.29 is 9.53 Å². The molecule has 104 valence electrons. The van der Waals surface area contributed by atoms with E-state index < -0.39 is 0 Å². The topological polar surface area (TPSA) is 58.2 Å². The van der Waals surface area contributed by atoms with Crippen LogP contribution in [0.4, 0.5) is 11.5 Å². The minimum atomic E-state index is 0.525. The van der Waals surface area contributed by atoms with E-state index in [2.05, 4.69) is 33.1 Å². The van der Waals surface area contributed by atoms with E-state index in [9.17, 15) is 4.79 Å². The van der Waals surface area contributed by atoms with E-state index in [0.29, 0.717) is 12.3 Å². The molecular formula is C16H13N3O2. The lowest BCUT2D eigenvalue weighted by Gasteiger charge is -2.28. The smallest absolute Gasteiger partial charge is 0.166 e. The standard InChI is InChI=1S/C16H13N3O2/c20-10-13-8-15-16(18-13)19(5-6-21-15)14-2-1-12-9-17-4-3-11(12)7-14/h1-4,7-10,18H,5-6H2. The summed E-state index contributed by atoms with van der Waals surface area (Å²) in [7, 11) is 0. The van der Waals surface area contributed by atoms with Crippen molar-refractivity contribution in [2.75, 3.05) is 18.1 Å². The van der Waals surface area contributed by atoms with Gasteiger partial charge in [0.25, 0.3) is 0 Å². The highest BCUT2D eigenvalue weighted by atomic mass is 16.5. The van der Waals surface area contributed by atoms with Gasteiger partial charge in [-0.3, -0.25) is 9.78 Å². The van der Waals surface area contributed by atoms with Gasteiger partial charge in [0, 0.05) is 29.5 Å². The molecule has 1 aliphatic heterocycles. The number of hydrogen-bond donors (Lipinski definition) is 1. The van der Waals surface area contributed by atoms with Gasteiger partial charge in [-0.25, -0.2) is 0 Å². The molecule has 4 rings (SSSR count). The van der Waals surface area contributed by atoms with Crippen molar-refractivity contribution in [2.24, 2.45) is 0 Å². The Morgan fingerprint density at radius 2 is 2.19 bits per heavy atom. The quantitative estimate of drug-likeness (QED) is 0.733. The maximum Gasteiger partial charge on any atom is 0.166 e. The Hall–Kier alpha value is -2.82. The lowest BCUT2D eigenvalue weighted by atomic mass is 10.1. The van der Waals surface area contributed by atoms with E-state index in [-0.39, 0.29) is 0 Å². The van der Waals surface area contributed by atoms with Gasteiger partial charge < -0.3 is 14.6 Å². The van der Waals surface area contributed by atoms with Crippen molar-refractivity contribution >= 4 is 28.6 Å². The zero-order chi connectivity index (χ0) is 14.2. The van der Waals surface area contributed by atoms with Gasteiger partial charge in [-0.15, -0.1) is 0 Å². The second-order valence-electron chi connectivity index (χ2n) is 4.96. The normalized spacial score (nSPS) is 13.8. The minimum Gasteiger partial charge on any atom is -0.488 e. The van der Waals surface area contributed by atoms with Gasteiger partial charge in [0.2, 0.25) is 0 Å². The zero-order valence-electron chi connectivity index (χ0n) is 11.2. The Labute approximate surface area is 121 Å². The summed E-state index contributed by atoms with van der Waals surface area (Å²) >= 11 is 0. The van der Waals surface area contributed by atoms with E-state index in [1.165, 1.54) is 0 Å². The molecule has 0 saturated carbocycles. The van der Waals surface area contributed by atoms with Crippen molar-refractivity contribution in [1.82, 2.24) is 9.97 Å². The molecule has 3 heterocycles. The van der Waals surface area contributed by atoms with Gasteiger partial charge in [0.1, 0.15) is 6.61 Å². The Kier molecular flexibility index (Phi) is 2.64. The maximum absolute atomic E-state index is 10.9. The van der Waals surface area contributed by atoms with Crippen molar-refractivity contribution in [3.05, 3.63) is 48.4 Å². The van der Waals surface area contributed by atoms with Crippen molar-refractivity contribution in [3.8, 4) is 5.75 Å². The molecule has 0 fully saturated rings. The first-order valence-electron chi connectivity index (χ1n) is 6.77. The van der Waals surface area contributed by atoms with Crippen LogP contribution in [-0.4, -0.2) is 29.4 Å². The summed E-state index contributed by atoms with van der Waals surface area (Å²) in [4.78, 5) is 20.3. The lowest BCUT2D eigenvalue weighted by Crippen LogP contribution is -2.28. The summed E-state index contributed by atoms with van der Waals surface area (Å²) in [6.07, 6.45) is 4.44. The van der Waals surface area contributed by atoms with Gasteiger partial charge in [-0.05, 0) is 23.6 Å². The van der Waals surface area contributed by atoms with Crippen LogP contribution >= 0.6 is 0 Å². The molecule has 0 atom stereocenters. The molecule has 3 aromatic rings. The second kappa shape index (κ2) is 4.63. The predicted octanol–water partition coefficient (Wildman–Crippen LogP) is 2.91. The van der Waals surface area contributed by atoms with E-state index in [1.807, 2.05) is 12.3 Å². The maximum atomic E-state index is 10.9. The SMILES string of the molecule is O=Cc1cc2c([nH]1)N(c1ccc3cnccc3c1)CCO2. The number of rotatable bonds is 2. The van der Waals surface area contributed by atoms with Crippen LogP contribution in [0.1, 0.15) is 10.5 Å². The zero-order valence-corrected chi connectivity index (χ0v) is 11.2. The van der Waals surface area contributed by atoms with Gasteiger partial charge >= 0.3 is 0 Å². The summed E-state index contributed by atoms with van der Waals surface area (Å²) < 4.78 is 5.60. The van der Waals surface area contributed by atoms with Crippen molar-refractivity contribution in [1.29, 1.82) is 0 Å². The summed E-state index contributed by atoms with van der Waals surface area (Å²) in [6, 6.07) is 9.95. The average molecular weight is 279 g/mol. The third-order valence-electron chi connectivity index (χ3n) is 3.69. The van der Waals surface area contributed by atoms with Gasteiger partial charge in [-0.2, -0.15) is 0 Å². The Balaban J connectivity index is 1.82. The number of carbonyl (C=O) groups excluding carboxylic acids is 1. The van der Waals surface area contributed by atoms with Crippen LogP contribution in [0.25, 0.3) is 10.8 Å². The Morgan fingerprint density at radius 3 is 3.10 bits per heavy atom. The van der Waals surface area contributed by atoms with Gasteiger partial charge in [0.05, 0.1) is 12.2 Å². The number of aldehydes is 1. The number of H-pyrrole nitrogens is 1. The summed E-state index contributed by atoms with van der Waals surface area (Å²) in [5.74, 6) is 1.55. The minimum absolute atomic E-state index is 0.525. The molecule has 21 heavy (non-hydrogen) atoms. The van der Waals surface area contributed by atoms with Crippen LogP contribution < -0.4 is 9.64 Å². The second-order valence-corrected chi connectivity index (χ2v) is 4.96. The van der Waals surface area contributed by atoms with Gasteiger partial charge in [-0.1, -0.05) is 6.07 Å². The highest BCUT2D eigenvalue weighted by molar-refractivity contribution is 5.87. The molecule has 0 amide bonds. The fourth-order valence-electron chi connectivity index (χ4n) is 2.67. The number of fused-ring (bicyclic) bond motifs is 2. The molecule has 1 aromatic carbocycles.